The van der Waals surface area contributed by atoms with Crippen LogP contribution in [-0.4, -0.2) is 23.1 Å². The van der Waals surface area contributed by atoms with Crippen LogP contribution >= 0.6 is 0 Å². The van der Waals surface area contributed by atoms with Crippen molar-refractivity contribution >= 4 is 12.0 Å². The Kier molecular flexibility index (Phi) is 3.86. The molecule has 6 nitrogen and oxygen atoms in total. The third-order valence-electron chi connectivity index (χ3n) is 2.90. The first-order valence-electron chi connectivity index (χ1n) is 5.93. The molecule has 1 heterocycles. The van der Waals surface area contributed by atoms with Crippen molar-refractivity contribution in [3.63, 3.8) is 0 Å². The van der Waals surface area contributed by atoms with Crippen LogP contribution in [0.15, 0.2) is 23.0 Å². The van der Waals surface area contributed by atoms with Gasteiger partial charge in [-0.15, -0.1) is 0 Å². The fourth-order valence-corrected chi connectivity index (χ4v) is 1.69. The van der Waals surface area contributed by atoms with Crippen LogP contribution in [0.2, 0.25) is 0 Å². The van der Waals surface area contributed by atoms with Gasteiger partial charge in [-0.3, -0.25) is 0 Å². The molecule has 1 fully saturated rings. The summed E-state index contributed by atoms with van der Waals surface area (Å²) < 4.78 is 4.86. The summed E-state index contributed by atoms with van der Waals surface area (Å²) in [6.45, 7) is 0.318. The number of nitrogens with one attached hydrogen (secondary N) is 2. The normalized spacial score (nSPS) is 16.0. The van der Waals surface area contributed by atoms with E-state index in [9.17, 15) is 9.59 Å². The fraction of sp³-hybridized carbons (Fsp3) is 0.500. The SMILES string of the molecule is O=C(NCc1ccoc1)N[C@@H](CC1CC1)C(=O)O. The average Bonchev–Trinajstić information content (AvgIpc) is 2.99. The first-order chi connectivity index (χ1) is 8.65. The number of hydrogen-bond acceptors (Lipinski definition) is 3. The van der Waals surface area contributed by atoms with E-state index in [1.165, 1.54) is 12.5 Å². The van der Waals surface area contributed by atoms with Gasteiger partial charge in [-0.05, 0) is 18.4 Å². The second-order valence-corrected chi connectivity index (χ2v) is 4.53. The molecule has 0 aromatic carbocycles. The minimum absolute atomic E-state index is 0.318. The van der Waals surface area contributed by atoms with Gasteiger partial charge in [0.2, 0.25) is 0 Å². The van der Waals surface area contributed by atoms with Gasteiger partial charge in [-0.25, -0.2) is 9.59 Å². The summed E-state index contributed by atoms with van der Waals surface area (Å²) >= 11 is 0. The number of urea groups is 1. The first kappa shape index (κ1) is 12.5. The maximum atomic E-state index is 11.5. The minimum Gasteiger partial charge on any atom is -0.480 e. The van der Waals surface area contributed by atoms with E-state index >= 15 is 0 Å². The van der Waals surface area contributed by atoms with Gasteiger partial charge in [0.15, 0.2) is 0 Å². The predicted molar refractivity (Wildman–Crippen MR) is 62.8 cm³/mol. The van der Waals surface area contributed by atoms with Crippen molar-refractivity contribution in [1.82, 2.24) is 10.6 Å². The Balaban J connectivity index is 1.75. The minimum atomic E-state index is -0.986. The highest BCUT2D eigenvalue weighted by molar-refractivity contribution is 5.82. The molecule has 1 aromatic rings. The van der Waals surface area contributed by atoms with E-state index in [-0.39, 0.29) is 0 Å². The van der Waals surface area contributed by atoms with Crippen LogP contribution in [0.3, 0.4) is 0 Å². The van der Waals surface area contributed by atoms with Crippen molar-refractivity contribution in [2.24, 2.45) is 5.92 Å². The zero-order valence-corrected chi connectivity index (χ0v) is 9.89. The summed E-state index contributed by atoms with van der Waals surface area (Å²) in [5, 5.41) is 14.1. The Bertz CT molecular complexity index is 412. The van der Waals surface area contributed by atoms with Crippen LogP contribution in [0.25, 0.3) is 0 Å². The van der Waals surface area contributed by atoms with Crippen LogP contribution in [-0.2, 0) is 11.3 Å². The Morgan fingerprint density at radius 1 is 1.50 bits per heavy atom. The Hall–Kier alpha value is -1.98. The molecule has 1 aliphatic rings. The monoisotopic (exact) mass is 252 g/mol. The second-order valence-electron chi connectivity index (χ2n) is 4.53. The van der Waals surface area contributed by atoms with Crippen molar-refractivity contribution in [2.45, 2.75) is 31.8 Å². The van der Waals surface area contributed by atoms with Crippen LogP contribution in [0.1, 0.15) is 24.8 Å². The number of carbonyl (C=O) groups is 2. The van der Waals surface area contributed by atoms with Gasteiger partial charge in [-0.2, -0.15) is 0 Å². The fourth-order valence-electron chi connectivity index (χ4n) is 1.69. The van der Waals surface area contributed by atoms with Gasteiger partial charge >= 0.3 is 12.0 Å². The van der Waals surface area contributed by atoms with Crippen molar-refractivity contribution in [3.05, 3.63) is 24.2 Å². The molecule has 3 N–H and O–H groups in total. The van der Waals surface area contributed by atoms with Crippen LogP contribution < -0.4 is 10.6 Å². The van der Waals surface area contributed by atoms with Gasteiger partial charge in [0.25, 0.3) is 0 Å². The van der Waals surface area contributed by atoms with Crippen molar-refractivity contribution < 1.29 is 19.1 Å². The van der Waals surface area contributed by atoms with E-state index in [1.807, 2.05) is 0 Å². The summed E-state index contributed by atoms with van der Waals surface area (Å²) in [5.74, 6) is -0.541. The highest BCUT2D eigenvalue weighted by atomic mass is 16.4. The number of hydrogen-bond donors (Lipinski definition) is 3. The van der Waals surface area contributed by atoms with Crippen molar-refractivity contribution in [2.75, 3.05) is 0 Å². The predicted octanol–water partition coefficient (Wildman–Crippen LogP) is 1.33. The van der Waals surface area contributed by atoms with Crippen LogP contribution in [0, 0.1) is 5.92 Å². The summed E-state index contributed by atoms with van der Waals surface area (Å²) in [6.07, 6.45) is 5.67. The lowest BCUT2D eigenvalue weighted by atomic mass is 10.1. The lowest BCUT2D eigenvalue weighted by Gasteiger charge is -2.14. The molecule has 1 atom stereocenters. The highest BCUT2D eigenvalue weighted by Gasteiger charge is 2.30. The maximum absolute atomic E-state index is 11.5. The topological polar surface area (TPSA) is 91.6 Å². The first-order valence-corrected chi connectivity index (χ1v) is 5.93. The summed E-state index contributed by atoms with van der Waals surface area (Å²) in [4.78, 5) is 22.5. The van der Waals surface area contributed by atoms with E-state index in [0.717, 1.165) is 18.4 Å². The zero-order valence-electron chi connectivity index (χ0n) is 9.89. The van der Waals surface area contributed by atoms with Gasteiger partial charge in [-0.1, -0.05) is 12.8 Å². The van der Waals surface area contributed by atoms with E-state index in [0.29, 0.717) is 18.9 Å². The molecule has 1 aliphatic carbocycles. The number of rotatable bonds is 6. The highest BCUT2D eigenvalue weighted by Crippen LogP contribution is 2.33. The molecule has 0 radical (unpaired) electrons. The standard InChI is InChI=1S/C12H16N2O4/c15-11(16)10(5-8-1-2-8)14-12(17)13-6-9-3-4-18-7-9/h3-4,7-8,10H,1-2,5-6H2,(H,15,16)(H2,13,14,17)/t10-/m0/s1. The molecular formula is C12H16N2O4. The molecule has 98 valence electrons. The smallest absolute Gasteiger partial charge is 0.326 e. The molecule has 2 amide bonds. The second kappa shape index (κ2) is 5.57. The van der Waals surface area contributed by atoms with Crippen molar-refractivity contribution in [1.29, 1.82) is 0 Å². The van der Waals surface area contributed by atoms with Gasteiger partial charge < -0.3 is 20.2 Å². The molecule has 1 aromatic heterocycles. The quantitative estimate of drug-likeness (QED) is 0.712. The summed E-state index contributed by atoms with van der Waals surface area (Å²) in [7, 11) is 0. The lowest BCUT2D eigenvalue weighted by molar-refractivity contribution is -0.139. The zero-order chi connectivity index (χ0) is 13.0. The van der Waals surface area contributed by atoms with Gasteiger partial charge in [0, 0.05) is 12.1 Å². The Morgan fingerprint density at radius 2 is 2.28 bits per heavy atom. The molecule has 0 aliphatic heterocycles. The Morgan fingerprint density at radius 3 is 2.83 bits per heavy atom. The molecule has 0 bridgehead atoms. The largest absolute Gasteiger partial charge is 0.480 e. The number of carboxylic acid groups (broad SMARTS) is 1. The summed E-state index contributed by atoms with van der Waals surface area (Å²) in [5.41, 5.74) is 0.833. The maximum Gasteiger partial charge on any atom is 0.326 e. The third-order valence-corrected chi connectivity index (χ3v) is 2.90. The number of carbonyl (C=O) groups excluding carboxylic acids is 1. The van der Waals surface area contributed by atoms with Crippen molar-refractivity contribution in [3.8, 4) is 0 Å². The number of carboxylic acids is 1. The molecule has 0 unspecified atom stereocenters. The summed E-state index contributed by atoms with van der Waals surface area (Å²) in [6, 6.07) is 0.463. The number of amides is 2. The lowest BCUT2D eigenvalue weighted by Crippen LogP contribution is -2.46. The van der Waals surface area contributed by atoms with E-state index in [1.54, 1.807) is 6.07 Å². The molecule has 0 saturated heterocycles. The molecule has 2 rings (SSSR count). The van der Waals surface area contributed by atoms with E-state index in [2.05, 4.69) is 10.6 Å². The molecule has 1 saturated carbocycles. The third kappa shape index (κ3) is 3.80. The van der Waals surface area contributed by atoms with Gasteiger partial charge in [0.05, 0.1) is 12.5 Å². The molecule has 18 heavy (non-hydrogen) atoms. The average molecular weight is 252 g/mol. The molecule has 6 heteroatoms. The number of furan rings is 1. The number of aliphatic carboxylic acids is 1. The Labute approximate surface area is 104 Å². The van der Waals surface area contributed by atoms with Crippen LogP contribution in [0.4, 0.5) is 4.79 Å². The van der Waals surface area contributed by atoms with Crippen LogP contribution in [0.5, 0.6) is 0 Å². The van der Waals surface area contributed by atoms with Gasteiger partial charge in [0.1, 0.15) is 6.04 Å². The molecular weight excluding hydrogens is 236 g/mol. The van der Waals surface area contributed by atoms with E-state index < -0.39 is 18.0 Å². The molecule has 0 spiro atoms. The van der Waals surface area contributed by atoms with E-state index in [4.69, 9.17) is 9.52 Å².